The van der Waals surface area contributed by atoms with Crippen LogP contribution in [-0.2, 0) is 13.0 Å². The highest BCUT2D eigenvalue weighted by Crippen LogP contribution is 2.27. The molecule has 78 valence electrons. The quantitative estimate of drug-likeness (QED) is 0.655. The van der Waals surface area contributed by atoms with E-state index >= 15 is 0 Å². The molecule has 3 nitrogen and oxygen atoms in total. The topological polar surface area (TPSA) is 45.8 Å². The maximum atomic E-state index is 11.5. The zero-order valence-electron chi connectivity index (χ0n) is 9.13. The monoisotopic (exact) mass is 202 g/mol. The van der Waals surface area contributed by atoms with E-state index in [1.54, 1.807) is 0 Å². The maximum Gasteiger partial charge on any atom is 0.162 e. The molecule has 0 saturated heterocycles. The first kappa shape index (κ1) is 9.97. The maximum absolute atomic E-state index is 11.5. The summed E-state index contributed by atoms with van der Waals surface area (Å²) in [5.41, 5.74) is 3.27. The Morgan fingerprint density at radius 1 is 1.47 bits per heavy atom. The SMILES string of the molecule is CC(=O)c1c(C#N)c2n(c1C)CCCC2. The average Bonchev–Trinajstić information content (AvgIpc) is 2.52. The van der Waals surface area contributed by atoms with Gasteiger partial charge in [-0.3, -0.25) is 4.79 Å². The van der Waals surface area contributed by atoms with Crippen LogP contribution >= 0.6 is 0 Å². The Labute approximate surface area is 89.3 Å². The number of nitriles is 1. The summed E-state index contributed by atoms with van der Waals surface area (Å²) in [6, 6.07) is 2.18. The molecule has 1 aliphatic rings. The minimum atomic E-state index is 0.00551. The third-order valence-electron chi connectivity index (χ3n) is 3.14. The molecular weight excluding hydrogens is 188 g/mol. The van der Waals surface area contributed by atoms with Crippen LogP contribution < -0.4 is 0 Å². The van der Waals surface area contributed by atoms with Crippen LogP contribution in [0, 0.1) is 18.3 Å². The van der Waals surface area contributed by atoms with E-state index in [1.165, 1.54) is 6.92 Å². The molecule has 1 aromatic rings. The molecule has 0 aliphatic carbocycles. The van der Waals surface area contributed by atoms with E-state index in [9.17, 15) is 4.79 Å². The molecule has 0 N–H and O–H groups in total. The summed E-state index contributed by atoms with van der Waals surface area (Å²) in [5.74, 6) is 0.00551. The van der Waals surface area contributed by atoms with E-state index in [0.717, 1.165) is 37.2 Å². The molecule has 0 amide bonds. The number of nitrogens with zero attached hydrogens (tertiary/aromatic N) is 2. The number of Topliss-reactive ketones (excluding diaryl/α,β-unsaturated/α-hetero) is 1. The smallest absolute Gasteiger partial charge is 0.162 e. The Morgan fingerprint density at radius 3 is 2.80 bits per heavy atom. The highest BCUT2D eigenvalue weighted by atomic mass is 16.1. The lowest BCUT2D eigenvalue weighted by molar-refractivity contribution is 0.101. The third-order valence-corrected chi connectivity index (χ3v) is 3.14. The van der Waals surface area contributed by atoms with Gasteiger partial charge in [0, 0.05) is 17.9 Å². The van der Waals surface area contributed by atoms with Gasteiger partial charge in [-0.05, 0) is 33.1 Å². The van der Waals surface area contributed by atoms with Crippen LogP contribution in [-0.4, -0.2) is 10.4 Å². The lowest BCUT2D eigenvalue weighted by atomic mass is 10.0. The summed E-state index contributed by atoms with van der Waals surface area (Å²) in [6.45, 7) is 4.42. The first-order valence-corrected chi connectivity index (χ1v) is 5.29. The minimum absolute atomic E-state index is 0.00551. The predicted octanol–water partition coefficient (Wildman–Crippen LogP) is 2.21. The summed E-state index contributed by atoms with van der Waals surface area (Å²) in [4.78, 5) is 11.5. The molecule has 0 radical (unpaired) electrons. The predicted molar refractivity (Wildman–Crippen MR) is 56.8 cm³/mol. The molecule has 0 saturated carbocycles. The lowest BCUT2D eigenvalue weighted by Gasteiger charge is -2.16. The number of aromatic nitrogens is 1. The average molecular weight is 202 g/mol. The fourth-order valence-corrected chi connectivity index (χ4v) is 2.47. The van der Waals surface area contributed by atoms with Gasteiger partial charge in [-0.25, -0.2) is 0 Å². The number of hydrogen-bond donors (Lipinski definition) is 0. The lowest BCUT2D eigenvalue weighted by Crippen LogP contribution is -2.11. The van der Waals surface area contributed by atoms with Crippen molar-refractivity contribution in [1.82, 2.24) is 4.57 Å². The van der Waals surface area contributed by atoms with E-state index in [-0.39, 0.29) is 5.78 Å². The standard InChI is InChI=1S/C12H14N2O/c1-8-12(9(2)15)10(7-13)11-5-3-4-6-14(8)11/h3-6H2,1-2H3. The largest absolute Gasteiger partial charge is 0.347 e. The number of carbonyl (C=O) groups is 1. The van der Waals surface area contributed by atoms with Crippen LogP contribution in [0.4, 0.5) is 0 Å². The van der Waals surface area contributed by atoms with E-state index in [4.69, 9.17) is 5.26 Å². The normalized spacial score (nSPS) is 14.5. The van der Waals surface area contributed by atoms with E-state index < -0.39 is 0 Å². The third kappa shape index (κ3) is 1.37. The van der Waals surface area contributed by atoms with Crippen molar-refractivity contribution in [2.24, 2.45) is 0 Å². The molecule has 15 heavy (non-hydrogen) atoms. The van der Waals surface area contributed by atoms with Gasteiger partial charge in [0.1, 0.15) is 6.07 Å². The summed E-state index contributed by atoms with van der Waals surface area (Å²) in [7, 11) is 0. The molecule has 3 heteroatoms. The number of carbonyl (C=O) groups excluding carboxylic acids is 1. The Kier molecular flexibility index (Phi) is 2.36. The van der Waals surface area contributed by atoms with Crippen LogP contribution in [0.1, 0.15) is 47.1 Å². The van der Waals surface area contributed by atoms with Crippen molar-refractivity contribution in [2.45, 2.75) is 39.7 Å². The Balaban J connectivity index is 2.71. The van der Waals surface area contributed by atoms with Crippen LogP contribution in [0.15, 0.2) is 0 Å². The molecule has 0 fully saturated rings. The molecule has 1 aliphatic heterocycles. The van der Waals surface area contributed by atoms with Crippen molar-refractivity contribution < 1.29 is 4.79 Å². The number of hydrogen-bond acceptors (Lipinski definition) is 2. The van der Waals surface area contributed by atoms with E-state index in [2.05, 4.69) is 10.6 Å². The second-order valence-corrected chi connectivity index (χ2v) is 4.06. The molecule has 0 bridgehead atoms. The van der Waals surface area contributed by atoms with Crippen LogP contribution in [0.25, 0.3) is 0 Å². The first-order chi connectivity index (χ1) is 7.16. The van der Waals surface area contributed by atoms with Gasteiger partial charge in [0.05, 0.1) is 11.1 Å². The minimum Gasteiger partial charge on any atom is -0.347 e. The Morgan fingerprint density at radius 2 is 2.20 bits per heavy atom. The van der Waals surface area contributed by atoms with Gasteiger partial charge in [0.2, 0.25) is 0 Å². The Hall–Kier alpha value is -1.56. The molecule has 0 unspecified atom stereocenters. The summed E-state index contributed by atoms with van der Waals surface area (Å²) in [6.07, 6.45) is 3.19. The van der Waals surface area contributed by atoms with Crippen molar-refractivity contribution >= 4 is 5.78 Å². The van der Waals surface area contributed by atoms with Gasteiger partial charge >= 0.3 is 0 Å². The first-order valence-electron chi connectivity index (χ1n) is 5.29. The fourth-order valence-electron chi connectivity index (χ4n) is 2.47. The van der Waals surface area contributed by atoms with Crippen molar-refractivity contribution in [2.75, 3.05) is 0 Å². The van der Waals surface area contributed by atoms with Crippen molar-refractivity contribution in [3.63, 3.8) is 0 Å². The molecule has 2 heterocycles. The fraction of sp³-hybridized carbons (Fsp3) is 0.500. The second kappa shape index (κ2) is 3.54. The van der Waals surface area contributed by atoms with Gasteiger partial charge in [-0.15, -0.1) is 0 Å². The highest BCUT2D eigenvalue weighted by molar-refractivity contribution is 5.98. The molecule has 0 spiro atoms. The zero-order valence-corrected chi connectivity index (χ0v) is 9.13. The molecule has 0 atom stereocenters. The van der Waals surface area contributed by atoms with Gasteiger partial charge in [-0.1, -0.05) is 0 Å². The Bertz CT molecular complexity index is 463. The summed E-state index contributed by atoms with van der Waals surface area (Å²) < 4.78 is 2.14. The summed E-state index contributed by atoms with van der Waals surface area (Å²) in [5, 5.41) is 9.12. The van der Waals surface area contributed by atoms with Gasteiger partial charge in [0.25, 0.3) is 0 Å². The molecule has 0 aromatic carbocycles. The molecule has 1 aromatic heterocycles. The van der Waals surface area contributed by atoms with Gasteiger partial charge in [0.15, 0.2) is 5.78 Å². The van der Waals surface area contributed by atoms with E-state index in [0.29, 0.717) is 11.1 Å². The van der Waals surface area contributed by atoms with E-state index in [1.807, 2.05) is 6.92 Å². The van der Waals surface area contributed by atoms with Gasteiger partial charge < -0.3 is 4.57 Å². The zero-order chi connectivity index (χ0) is 11.0. The number of ketones is 1. The number of fused-ring (bicyclic) bond motifs is 1. The second-order valence-electron chi connectivity index (χ2n) is 4.06. The van der Waals surface area contributed by atoms with Crippen LogP contribution in [0.3, 0.4) is 0 Å². The number of rotatable bonds is 1. The van der Waals surface area contributed by atoms with Crippen molar-refractivity contribution in [3.8, 4) is 6.07 Å². The highest BCUT2D eigenvalue weighted by Gasteiger charge is 2.24. The molecule has 2 rings (SSSR count). The van der Waals surface area contributed by atoms with Crippen molar-refractivity contribution in [3.05, 3.63) is 22.5 Å². The molecular formula is C12H14N2O. The summed E-state index contributed by atoms with van der Waals surface area (Å²) >= 11 is 0. The van der Waals surface area contributed by atoms with Gasteiger partial charge in [-0.2, -0.15) is 5.26 Å². The van der Waals surface area contributed by atoms with Crippen LogP contribution in [0.5, 0.6) is 0 Å². The van der Waals surface area contributed by atoms with Crippen molar-refractivity contribution in [1.29, 1.82) is 5.26 Å². The van der Waals surface area contributed by atoms with Crippen LogP contribution in [0.2, 0.25) is 0 Å².